The average molecular weight is 338 g/mol. The summed E-state index contributed by atoms with van der Waals surface area (Å²) in [6.07, 6.45) is -1.88. The van der Waals surface area contributed by atoms with E-state index in [2.05, 4.69) is 4.52 Å². The molecule has 22 heavy (non-hydrogen) atoms. The molecular formula is C14H27O7P. The zero-order chi connectivity index (χ0) is 17.7. The molecule has 0 saturated heterocycles. The molecule has 2 N–H and O–H groups in total. The van der Waals surface area contributed by atoms with Gasteiger partial charge < -0.3 is 14.5 Å². The van der Waals surface area contributed by atoms with Crippen molar-refractivity contribution in [2.75, 3.05) is 0 Å². The summed E-state index contributed by atoms with van der Waals surface area (Å²) in [7, 11) is -4.72. The molecule has 7 nitrogen and oxygen atoms in total. The molecule has 0 saturated carbocycles. The van der Waals surface area contributed by atoms with E-state index in [9.17, 15) is 14.2 Å². The fourth-order valence-corrected chi connectivity index (χ4v) is 2.74. The molecular weight excluding hydrogens is 311 g/mol. The molecule has 130 valence electrons. The van der Waals surface area contributed by atoms with Crippen LogP contribution < -0.4 is 0 Å². The predicted octanol–water partition coefficient (Wildman–Crippen LogP) is 2.45. The van der Waals surface area contributed by atoms with Crippen LogP contribution in [0.15, 0.2) is 0 Å². The van der Waals surface area contributed by atoms with Gasteiger partial charge in [0.2, 0.25) is 0 Å². The summed E-state index contributed by atoms with van der Waals surface area (Å²) in [5.41, 5.74) is -0.218. The third-order valence-electron chi connectivity index (χ3n) is 3.04. The van der Waals surface area contributed by atoms with Crippen molar-refractivity contribution >= 4 is 19.6 Å². The number of phosphoric acid groups is 1. The van der Waals surface area contributed by atoms with Gasteiger partial charge in [0.1, 0.15) is 12.2 Å². The van der Waals surface area contributed by atoms with Gasteiger partial charge in [-0.1, -0.05) is 34.6 Å². The lowest BCUT2D eigenvalue weighted by atomic mass is 9.82. The van der Waals surface area contributed by atoms with E-state index in [1.54, 1.807) is 0 Å². The SMILES string of the molecule is CC(OP(=O)(O)O)C(=O)CCC(=O)OC(C(C)C)C(C)(C)C. The first-order valence-corrected chi connectivity index (χ1v) is 8.73. The van der Waals surface area contributed by atoms with Gasteiger partial charge in [-0.25, -0.2) is 4.57 Å². The van der Waals surface area contributed by atoms with Gasteiger partial charge in [0.15, 0.2) is 5.78 Å². The number of ether oxygens (including phenoxy) is 1. The molecule has 0 fully saturated rings. The second-order valence-corrected chi connectivity index (χ2v) is 7.92. The standard InChI is InChI=1S/C14H27O7P/c1-9(2)13(14(4,5)6)20-12(16)8-7-11(15)10(3)21-22(17,18)19/h9-10,13H,7-8H2,1-6H3,(H2,17,18,19). The van der Waals surface area contributed by atoms with Gasteiger partial charge in [0, 0.05) is 6.42 Å². The van der Waals surface area contributed by atoms with Gasteiger partial charge in [-0.05, 0) is 18.3 Å². The molecule has 0 bridgehead atoms. The minimum absolute atomic E-state index is 0.136. The summed E-state index contributed by atoms with van der Waals surface area (Å²) < 4.78 is 20.3. The zero-order valence-electron chi connectivity index (χ0n) is 14.0. The lowest BCUT2D eigenvalue weighted by Crippen LogP contribution is -2.36. The molecule has 0 aliphatic heterocycles. The van der Waals surface area contributed by atoms with E-state index in [1.165, 1.54) is 6.92 Å². The largest absolute Gasteiger partial charge is 0.470 e. The molecule has 0 amide bonds. The van der Waals surface area contributed by atoms with E-state index in [1.807, 2.05) is 34.6 Å². The Morgan fingerprint density at radius 2 is 1.59 bits per heavy atom. The summed E-state index contributed by atoms with van der Waals surface area (Å²) in [5, 5.41) is 0. The molecule has 0 aromatic heterocycles. The molecule has 2 atom stereocenters. The molecule has 8 heteroatoms. The monoisotopic (exact) mass is 338 g/mol. The molecule has 2 unspecified atom stereocenters. The predicted molar refractivity (Wildman–Crippen MR) is 81.0 cm³/mol. The second kappa shape index (κ2) is 8.20. The summed E-state index contributed by atoms with van der Waals surface area (Å²) >= 11 is 0. The summed E-state index contributed by atoms with van der Waals surface area (Å²) in [4.78, 5) is 40.8. The fourth-order valence-electron chi connectivity index (χ4n) is 2.21. The number of hydrogen-bond acceptors (Lipinski definition) is 5. The number of carbonyl (C=O) groups excluding carboxylic acids is 2. The number of Topliss-reactive ketones (excluding diaryl/α,β-unsaturated/α-hetero) is 1. The Morgan fingerprint density at radius 3 is 1.95 bits per heavy atom. The molecule has 0 aliphatic carbocycles. The molecule has 0 heterocycles. The Morgan fingerprint density at radius 1 is 1.09 bits per heavy atom. The van der Waals surface area contributed by atoms with Crippen LogP contribution in [0.25, 0.3) is 0 Å². The van der Waals surface area contributed by atoms with Gasteiger partial charge in [-0.3, -0.25) is 14.1 Å². The number of ketones is 1. The third kappa shape index (κ3) is 8.63. The molecule has 0 aromatic carbocycles. The molecule has 0 rings (SSSR count). The number of phosphoric ester groups is 1. The first-order valence-electron chi connectivity index (χ1n) is 7.20. The van der Waals surface area contributed by atoms with Gasteiger partial charge in [-0.15, -0.1) is 0 Å². The van der Waals surface area contributed by atoms with Crippen LogP contribution in [0.1, 0.15) is 54.4 Å². The van der Waals surface area contributed by atoms with Crippen molar-refractivity contribution in [2.45, 2.75) is 66.6 Å². The van der Waals surface area contributed by atoms with Crippen molar-refractivity contribution in [1.29, 1.82) is 0 Å². The highest BCUT2D eigenvalue weighted by Crippen LogP contribution is 2.37. The maximum atomic E-state index is 11.8. The van der Waals surface area contributed by atoms with Crippen molar-refractivity contribution in [1.82, 2.24) is 0 Å². The first-order chi connectivity index (χ1) is 9.74. The lowest BCUT2D eigenvalue weighted by molar-refractivity contribution is -0.159. The topological polar surface area (TPSA) is 110 Å². The minimum atomic E-state index is -4.72. The van der Waals surface area contributed by atoms with E-state index in [-0.39, 0.29) is 30.3 Å². The number of carbonyl (C=O) groups is 2. The van der Waals surface area contributed by atoms with E-state index in [0.717, 1.165) is 0 Å². The smallest absolute Gasteiger partial charge is 0.462 e. The Balaban J connectivity index is 4.45. The zero-order valence-corrected chi connectivity index (χ0v) is 14.9. The van der Waals surface area contributed by atoms with Crippen molar-refractivity contribution in [3.63, 3.8) is 0 Å². The Labute approximate surface area is 131 Å². The Bertz CT molecular complexity index is 433. The molecule has 0 aromatic rings. The van der Waals surface area contributed by atoms with Gasteiger partial charge >= 0.3 is 13.8 Å². The Kier molecular flexibility index (Phi) is 7.92. The van der Waals surface area contributed by atoms with Crippen molar-refractivity contribution in [3.05, 3.63) is 0 Å². The van der Waals surface area contributed by atoms with Crippen molar-refractivity contribution in [3.8, 4) is 0 Å². The van der Waals surface area contributed by atoms with Crippen molar-refractivity contribution in [2.24, 2.45) is 11.3 Å². The van der Waals surface area contributed by atoms with Gasteiger partial charge in [0.05, 0.1) is 6.42 Å². The first kappa shape index (κ1) is 21.2. The lowest BCUT2D eigenvalue weighted by Gasteiger charge is -2.33. The van der Waals surface area contributed by atoms with Crippen LogP contribution in [0.5, 0.6) is 0 Å². The summed E-state index contributed by atoms with van der Waals surface area (Å²) in [6.45, 7) is 11.0. The maximum Gasteiger partial charge on any atom is 0.470 e. The van der Waals surface area contributed by atoms with E-state index in [0.29, 0.717) is 0 Å². The van der Waals surface area contributed by atoms with Gasteiger partial charge in [-0.2, -0.15) is 0 Å². The number of esters is 1. The summed E-state index contributed by atoms with van der Waals surface area (Å²) in [5.74, 6) is -0.931. The minimum Gasteiger partial charge on any atom is -0.462 e. The van der Waals surface area contributed by atoms with Gasteiger partial charge in [0.25, 0.3) is 0 Å². The van der Waals surface area contributed by atoms with Crippen LogP contribution in [0, 0.1) is 11.3 Å². The number of rotatable bonds is 8. The fraction of sp³-hybridized carbons (Fsp3) is 0.857. The highest BCUT2D eigenvalue weighted by atomic mass is 31.2. The van der Waals surface area contributed by atoms with E-state index < -0.39 is 25.7 Å². The van der Waals surface area contributed by atoms with E-state index in [4.69, 9.17) is 14.5 Å². The van der Waals surface area contributed by atoms with Crippen LogP contribution in [0.3, 0.4) is 0 Å². The highest BCUT2D eigenvalue weighted by molar-refractivity contribution is 7.46. The second-order valence-electron chi connectivity index (χ2n) is 6.73. The van der Waals surface area contributed by atoms with E-state index >= 15 is 0 Å². The molecule has 0 radical (unpaired) electrons. The van der Waals surface area contributed by atoms with Crippen LogP contribution in [0.4, 0.5) is 0 Å². The van der Waals surface area contributed by atoms with Crippen LogP contribution in [0.2, 0.25) is 0 Å². The highest BCUT2D eigenvalue weighted by Gasteiger charge is 2.31. The average Bonchev–Trinajstić information content (AvgIpc) is 2.28. The van der Waals surface area contributed by atoms with Crippen LogP contribution >= 0.6 is 7.82 Å². The quantitative estimate of drug-likeness (QED) is 0.516. The molecule has 0 aliphatic rings. The van der Waals surface area contributed by atoms with Crippen LogP contribution in [-0.2, 0) is 23.4 Å². The van der Waals surface area contributed by atoms with Crippen LogP contribution in [-0.4, -0.2) is 33.7 Å². The maximum absolute atomic E-state index is 11.8. The normalized spacial score (nSPS) is 15.5. The third-order valence-corrected chi connectivity index (χ3v) is 3.63. The number of hydrogen-bond donors (Lipinski definition) is 2. The summed E-state index contributed by atoms with van der Waals surface area (Å²) in [6, 6.07) is 0. The van der Waals surface area contributed by atoms with Crippen molar-refractivity contribution < 1.29 is 33.2 Å². The molecule has 0 spiro atoms. The Hall–Kier alpha value is -0.750.